The normalized spacial score (nSPS) is 14.8. The number of benzene rings is 1. The molecule has 1 aromatic carbocycles. The molecule has 0 aliphatic heterocycles. The lowest BCUT2D eigenvalue weighted by Crippen LogP contribution is -2.05. The van der Waals surface area contributed by atoms with E-state index in [0.717, 1.165) is 22.7 Å². The van der Waals surface area contributed by atoms with Crippen molar-refractivity contribution in [2.45, 2.75) is 25.7 Å². The van der Waals surface area contributed by atoms with Gasteiger partial charge in [0.25, 0.3) is 0 Å². The first-order valence-corrected chi connectivity index (χ1v) is 6.07. The average molecular weight is 244 g/mol. The van der Waals surface area contributed by atoms with Crippen LogP contribution in [0.5, 0.6) is 5.75 Å². The molecule has 0 atom stereocenters. The van der Waals surface area contributed by atoms with Crippen LogP contribution in [0, 0.1) is 6.92 Å². The molecule has 94 valence electrons. The largest absolute Gasteiger partial charge is 0.497 e. The van der Waals surface area contributed by atoms with Gasteiger partial charge in [-0.25, -0.2) is 4.68 Å². The standard InChI is InChI=1S/C13H16N4O/c1-8-3-6-10(18-2)7-11(8)17-12(9-4-5-9)13(14)15-16-17/h3,6-7,9H,4-5,14H2,1-2H3. The third-order valence-corrected chi connectivity index (χ3v) is 3.34. The van der Waals surface area contributed by atoms with Crippen molar-refractivity contribution in [2.24, 2.45) is 0 Å². The van der Waals surface area contributed by atoms with Crippen LogP contribution in [0.25, 0.3) is 5.69 Å². The zero-order chi connectivity index (χ0) is 12.7. The Morgan fingerprint density at radius 2 is 2.17 bits per heavy atom. The summed E-state index contributed by atoms with van der Waals surface area (Å²) < 4.78 is 7.11. The van der Waals surface area contributed by atoms with Crippen LogP contribution in [-0.4, -0.2) is 22.1 Å². The maximum atomic E-state index is 5.91. The van der Waals surface area contributed by atoms with Gasteiger partial charge in [-0.2, -0.15) is 0 Å². The molecule has 1 saturated carbocycles. The predicted octanol–water partition coefficient (Wildman–Crippen LogP) is 2.04. The SMILES string of the molecule is COc1ccc(C)c(-n2nnc(N)c2C2CC2)c1. The molecule has 1 aliphatic carbocycles. The van der Waals surface area contributed by atoms with Crippen molar-refractivity contribution >= 4 is 5.82 Å². The monoisotopic (exact) mass is 244 g/mol. The Labute approximate surface area is 106 Å². The molecule has 1 aromatic heterocycles. The molecule has 5 heteroatoms. The van der Waals surface area contributed by atoms with Crippen LogP contribution in [0.1, 0.15) is 30.0 Å². The Hall–Kier alpha value is -2.04. The number of aryl methyl sites for hydroxylation is 1. The van der Waals surface area contributed by atoms with Gasteiger partial charge in [0.1, 0.15) is 5.75 Å². The van der Waals surface area contributed by atoms with Crippen LogP contribution in [0.4, 0.5) is 5.82 Å². The Kier molecular flexibility index (Phi) is 2.47. The molecule has 3 rings (SSSR count). The summed E-state index contributed by atoms with van der Waals surface area (Å²) in [6.45, 7) is 2.04. The third kappa shape index (κ3) is 1.72. The molecule has 0 saturated heterocycles. The van der Waals surface area contributed by atoms with E-state index < -0.39 is 0 Å². The van der Waals surface area contributed by atoms with E-state index >= 15 is 0 Å². The van der Waals surface area contributed by atoms with Gasteiger partial charge in [0.2, 0.25) is 0 Å². The van der Waals surface area contributed by atoms with E-state index in [1.807, 2.05) is 29.8 Å². The molecule has 18 heavy (non-hydrogen) atoms. The summed E-state index contributed by atoms with van der Waals surface area (Å²) in [4.78, 5) is 0. The second-order valence-corrected chi connectivity index (χ2v) is 4.70. The van der Waals surface area contributed by atoms with Gasteiger partial charge in [-0.1, -0.05) is 11.3 Å². The number of anilines is 1. The van der Waals surface area contributed by atoms with Crippen molar-refractivity contribution in [3.05, 3.63) is 29.5 Å². The van der Waals surface area contributed by atoms with Gasteiger partial charge in [-0.05, 0) is 31.4 Å². The zero-order valence-electron chi connectivity index (χ0n) is 10.6. The summed E-state index contributed by atoms with van der Waals surface area (Å²) in [5.74, 6) is 1.86. The fourth-order valence-corrected chi connectivity index (χ4v) is 2.16. The highest BCUT2D eigenvalue weighted by molar-refractivity contribution is 5.50. The number of nitrogens with two attached hydrogens (primary N) is 1. The summed E-state index contributed by atoms with van der Waals surface area (Å²) in [6, 6.07) is 5.92. The van der Waals surface area contributed by atoms with Crippen molar-refractivity contribution < 1.29 is 4.74 Å². The number of ether oxygens (including phenoxy) is 1. The zero-order valence-corrected chi connectivity index (χ0v) is 10.6. The maximum Gasteiger partial charge on any atom is 0.169 e. The average Bonchev–Trinajstić information content (AvgIpc) is 3.14. The molecule has 0 spiro atoms. The fourth-order valence-electron chi connectivity index (χ4n) is 2.16. The second kappa shape index (κ2) is 4.01. The molecule has 0 radical (unpaired) electrons. The summed E-state index contributed by atoms with van der Waals surface area (Å²) in [5, 5.41) is 8.17. The lowest BCUT2D eigenvalue weighted by atomic mass is 10.1. The van der Waals surface area contributed by atoms with Gasteiger partial charge in [0.05, 0.1) is 18.5 Å². The van der Waals surface area contributed by atoms with Gasteiger partial charge in [-0.15, -0.1) is 5.10 Å². The Balaban J connectivity index is 2.14. The van der Waals surface area contributed by atoms with Crippen LogP contribution in [0.15, 0.2) is 18.2 Å². The molecule has 0 unspecified atom stereocenters. The van der Waals surface area contributed by atoms with Crippen molar-refractivity contribution in [3.8, 4) is 11.4 Å². The fraction of sp³-hybridized carbons (Fsp3) is 0.385. The van der Waals surface area contributed by atoms with Crippen LogP contribution in [0.2, 0.25) is 0 Å². The molecule has 5 nitrogen and oxygen atoms in total. The number of methoxy groups -OCH3 is 1. The molecule has 1 aliphatic rings. The number of hydrogen-bond acceptors (Lipinski definition) is 4. The minimum Gasteiger partial charge on any atom is -0.497 e. The van der Waals surface area contributed by atoms with Crippen LogP contribution >= 0.6 is 0 Å². The number of aromatic nitrogens is 3. The quantitative estimate of drug-likeness (QED) is 0.897. The van der Waals surface area contributed by atoms with Crippen molar-refractivity contribution in [2.75, 3.05) is 12.8 Å². The molecule has 0 amide bonds. The van der Waals surface area contributed by atoms with E-state index in [4.69, 9.17) is 10.5 Å². The third-order valence-electron chi connectivity index (χ3n) is 3.34. The first-order chi connectivity index (χ1) is 8.70. The van der Waals surface area contributed by atoms with Crippen LogP contribution in [-0.2, 0) is 0 Å². The highest BCUT2D eigenvalue weighted by atomic mass is 16.5. The summed E-state index contributed by atoms with van der Waals surface area (Å²) in [5.41, 5.74) is 9.06. The Morgan fingerprint density at radius 1 is 1.39 bits per heavy atom. The molecule has 1 heterocycles. The lowest BCUT2D eigenvalue weighted by molar-refractivity contribution is 0.414. The Bertz CT molecular complexity index is 587. The van der Waals surface area contributed by atoms with Gasteiger partial charge < -0.3 is 10.5 Å². The van der Waals surface area contributed by atoms with Crippen LogP contribution < -0.4 is 10.5 Å². The van der Waals surface area contributed by atoms with Gasteiger partial charge in [0.15, 0.2) is 5.82 Å². The number of nitrogens with zero attached hydrogens (tertiary/aromatic N) is 3. The van der Waals surface area contributed by atoms with E-state index in [0.29, 0.717) is 11.7 Å². The predicted molar refractivity (Wildman–Crippen MR) is 69.0 cm³/mol. The molecular weight excluding hydrogens is 228 g/mol. The van der Waals surface area contributed by atoms with Gasteiger partial charge in [-0.3, -0.25) is 0 Å². The molecule has 2 aromatic rings. The van der Waals surface area contributed by atoms with Crippen molar-refractivity contribution in [1.29, 1.82) is 0 Å². The first-order valence-electron chi connectivity index (χ1n) is 6.07. The first kappa shape index (κ1) is 11.1. The number of rotatable bonds is 3. The lowest BCUT2D eigenvalue weighted by Gasteiger charge is -2.10. The maximum absolute atomic E-state index is 5.91. The van der Waals surface area contributed by atoms with E-state index in [2.05, 4.69) is 10.3 Å². The van der Waals surface area contributed by atoms with E-state index in [-0.39, 0.29) is 0 Å². The van der Waals surface area contributed by atoms with Crippen LogP contribution in [0.3, 0.4) is 0 Å². The number of hydrogen-bond donors (Lipinski definition) is 1. The highest BCUT2D eigenvalue weighted by Gasteiger charge is 2.31. The Morgan fingerprint density at radius 3 is 2.83 bits per heavy atom. The minimum atomic E-state index is 0.505. The summed E-state index contributed by atoms with van der Waals surface area (Å²) in [7, 11) is 1.66. The van der Waals surface area contributed by atoms with Gasteiger partial charge >= 0.3 is 0 Å². The smallest absolute Gasteiger partial charge is 0.169 e. The topological polar surface area (TPSA) is 66.0 Å². The van der Waals surface area contributed by atoms with E-state index in [1.165, 1.54) is 12.8 Å². The molecule has 1 fully saturated rings. The van der Waals surface area contributed by atoms with E-state index in [9.17, 15) is 0 Å². The van der Waals surface area contributed by atoms with Gasteiger partial charge in [0, 0.05) is 12.0 Å². The molecule has 2 N–H and O–H groups in total. The summed E-state index contributed by atoms with van der Waals surface area (Å²) >= 11 is 0. The molecule has 0 bridgehead atoms. The number of nitrogen functional groups attached to an aromatic ring is 1. The second-order valence-electron chi connectivity index (χ2n) is 4.70. The highest BCUT2D eigenvalue weighted by Crippen LogP contribution is 2.43. The molecular formula is C13H16N4O. The minimum absolute atomic E-state index is 0.505. The van der Waals surface area contributed by atoms with Crippen molar-refractivity contribution in [1.82, 2.24) is 15.0 Å². The van der Waals surface area contributed by atoms with Crippen molar-refractivity contribution in [3.63, 3.8) is 0 Å². The van der Waals surface area contributed by atoms with E-state index in [1.54, 1.807) is 7.11 Å². The summed E-state index contributed by atoms with van der Waals surface area (Å²) in [6.07, 6.45) is 2.33.